The topological polar surface area (TPSA) is 75.6 Å². The monoisotopic (exact) mass is 345 g/mol. The molecule has 1 amide bonds. The van der Waals surface area contributed by atoms with E-state index >= 15 is 0 Å². The first-order chi connectivity index (χ1) is 11.9. The van der Waals surface area contributed by atoms with Gasteiger partial charge >= 0.3 is 5.97 Å². The summed E-state index contributed by atoms with van der Waals surface area (Å²) in [5, 5.41) is 12.4. The maximum Gasteiger partial charge on any atom is 0.315 e. The first-order valence-corrected chi connectivity index (χ1v) is 7.85. The predicted molar refractivity (Wildman–Crippen MR) is 91.3 cm³/mol. The summed E-state index contributed by atoms with van der Waals surface area (Å²) in [4.78, 5) is 24.4. The predicted octanol–water partition coefficient (Wildman–Crippen LogP) is 3.00. The number of carbonyl (C=O) groups is 2. The van der Waals surface area contributed by atoms with Crippen LogP contribution in [0.1, 0.15) is 29.3 Å². The molecule has 0 heterocycles. The molecule has 5 nitrogen and oxygen atoms in total. The van der Waals surface area contributed by atoms with Crippen molar-refractivity contribution in [1.82, 2.24) is 5.32 Å². The lowest BCUT2D eigenvalue weighted by Crippen LogP contribution is -2.46. The van der Waals surface area contributed by atoms with Crippen LogP contribution in [-0.4, -0.2) is 30.6 Å². The lowest BCUT2D eigenvalue weighted by molar-refractivity contribution is -0.143. The summed E-state index contributed by atoms with van der Waals surface area (Å²) in [6, 6.07) is 12.3. The Kier molecular flexibility index (Phi) is 5.75. The number of rotatable bonds is 7. The second-order valence-electron chi connectivity index (χ2n) is 5.63. The molecule has 0 radical (unpaired) electrons. The molecule has 0 spiro atoms. The zero-order valence-electron chi connectivity index (χ0n) is 14.1. The zero-order chi connectivity index (χ0) is 18.4. The molecule has 0 saturated heterocycles. The molecular formula is C19H20FNO4. The van der Waals surface area contributed by atoms with Gasteiger partial charge in [-0.1, -0.05) is 37.3 Å². The molecule has 1 atom stereocenters. The number of halogens is 1. The van der Waals surface area contributed by atoms with Gasteiger partial charge in [-0.25, -0.2) is 4.39 Å². The summed E-state index contributed by atoms with van der Waals surface area (Å²) in [6.45, 7) is 1.62. The van der Waals surface area contributed by atoms with Crippen molar-refractivity contribution in [2.45, 2.75) is 18.8 Å². The SMILES string of the molecule is CCC(CNC(=O)c1cc(F)ccc1OC)(C(=O)O)c1ccccc1. The Morgan fingerprint density at radius 1 is 1.20 bits per heavy atom. The van der Waals surface area contributed by atoms with Crippen molar-refractivity contribution in [3.63, 3.8) is 0 Å². The third-order valence-corrected chi connectivity index (χ3v) is 4.30. The first-order valence-electron chi connectivity index (χ1n) is 7.85. The van der Waals surface area contributed by atoms with E-state index in [1.807, 2.05) is 0 Å². The Bertz CT molecular complexity index is 763. The largest absolute Gasteiger partial charge is 0.496 e. The van der Waals surface area contributed by atoms with Gasteiger partial charge in [0.2, 0.25) is 0 Å². The van der Waals surface area contributed by atoms with Crippen molar-refractivity contribution in [1.29, 1.82) is 0 Å². The quantitative estimate of drug-likeness (QED) is 0.809. The number of ether oxygens (including phenoxy) is 1. The number of carbonyl (C=O) groups excluding carboxylic acids is 1. The highest BCUT2D eigenvalue weighted by atomic mass is 19.1. The van der Waals surface area contributed by atoms with Crippen molar-refractivity contribution >= 4 is 11.9 Å². The number of hydrogen-bond acceptors (Lipinski definition) is 3. The van der Waals surface area contributed by atoms with Gasteiger partial charge in [-0.15, -0.1) is 0 Å². The van der Waals surface area contributed by atoms with E-state index in [0.29, 0.717) is 5.56 Å². The molecule has 0 bridgehead atoms. The summed E-state index contributed by atoms with van der Waals surface area (Å²) >= 11 is 0. The van der Waals surface area contributed by atoms with Crippen LogP contribution in [0.2, 0.25) is 0 Å². The van der Waals surface area contributed by atoms with E-state index in [-0.39, 0.29) is 24.3 Å². The van der Waals surface area contributed by atoms with Crippen LogP contribution >= 0.6 is 0 Å². The van der Waals surface area contributed by atoms with E-state index in [1.165, 1.54) is 19.2 Å². The molecule has 0 aromatic heterocycles. The van der Waals surface area contributed by atoms with Gasteiger partial charge in [-0.2, -0.15) is 0 Å². The van der Waals surface area contributed by atoms with E-state index in [4.69, 9.17) is 4.74 Å². The number of amides is 1. The van der Waals surface area contributed by atoms with Crippen LogP contribution in [0, 0.1) is 5.82 Å². The average molecular weight is 345 g/mol. The van der Waals surface area contributed by atoms with Gasteiger partial charge in [-0.3, -0.25) is 9.59 Å². The minimum absolute atomic E-state index is 0.0194. The number of aliphatic carboxylic acids is 1. The molecule has 0 saturated carbocycles. The smallest absolute Gasteiger partial charge is 0.315 e. The average Bonchev–Trinajstić information content (AvgIpc) is 2.63. The Morgan fingerprint density at radius 2 is 1.88 bits per heavy atom. The molecule has 0 aliphatic rings. The number of nitrogens with one attached hydrogen (secondary N) is 1. The van der Waals surface area contributed by atoms with Gasteiger partial charge in [0.05, 0.1) is 12.7 Å². The molecule has 6 heteroatoms. The number of hydrogen-bond donors (Lipinski definition) is 2. The first kappa shape index (κ1) is 18.4. The second-order valence-corrected chi connectivity index (χ2v) is 5.63. The van der Waals surface area contributed by atoms with Gasteiger partial charge < -0.3 is 15.2 Å². The summed E-state index contributed by atoms with van der Waals surface area (Å²) in [5.74, 6) is -1.98. The minimum Gasteiger partial charge on any atom is -0.496 e. The minimum atomic E-state index is -1.27. The van der Waals surface area contributed by atoms with E-state index in [9.17, 15) is 19.1 Å². The molecule has 0 aliphatic heterocycles. The fraction of sp³-hybridized carbons (Fsp3) is 0.263. The summed E-state index contributed by atoms with van der Waals surface area (Å²) < 4.78 is 18.5. The fourth-order valence-electron chi connectivity index (χ4n) is 2.72. The molecule has 2 aromatic rings. The highest BCUT2D eigenvalue weighted by Gasteiger charge is 2.39. The fourth-order valence-corrected chi connectivity index (χ4v) is 2.72. The van der Waals surface area contributed by atoms with Gasteiger partial charge in [0.1, 0.15) is 17.0 Å². The van der Waals surface area contributed by atoms with Crippen molar-refractivity contribution in [2.75, 3.05) is 13.7 Å². The second kappa shape index (κ2) is 7.79. The Morgan fingerprint density at radius 3 is 2.44 bits per heavy atom. The van der Waals surface area contributed by atoms with Crippen LogP contribution in [0.5, 0.6) is 5.75 Å². The molecular weight excluding hydrogens is 325 g/mol. The molecule has 0 fully saturated rings. The highest BCUT2D eigenvalue weighted by Crippen LogP contribution is 2.28. The Hall–Kier alpha value is -2.89. The number of benzene rings is 2. The van der Waals surface area contributed by atoms with E-state index in [0.717, 1.165) is 6.07 Å². The van der Waals surface area contributed by atoms with Gasteiger partial charge in [0, 0.05) is 6.54 Å². The van der Waals surface area contributed by atoms with E-state index < -0.39 is 23.1 Å². The van der Waals surface area contributed by atoms with Gasteiger partial charge in [-0.05, 0) is 30.2 Å². The molecule has 132 valence electrons. The lowest BCUT2D eigenvalue weighted by Gasteiger charge is -2.29. The van der Waals surface area contributed by atoms with Crippen LogP contribution in [-0.2, 0) is 10.2 Å². The van der Waals surface area contributed by atoms with Gasteiger partial charge in [0.15, 0.2) is 0 Å². The number of carboxylic acids is 1. The molecule has 1 unspecified atom stereocenters. The number of carboxylic acid groups (broad SMARTS) is 1. The van der Waals surface area contributed by atoms with Crippen LogP contribution in [0.4, 0.5) is 4.39 Å². The maximum absolute atomic E-state index is 13.4. The highest BCUT2D eigenvalue weighted by molar-refractivity contribution is 5.97. The molecule has 2 rings (SSSR count). The summed E-state index contributed by atoms with van der Waals surface area (Å²) in [5.41, 5.74) is -0.653. The van der Waals surface area contributed by atoms with Crippen LogP contribution in [0.3, 0.4) is 0 Å². The molecule has 2 aromatic carbocycles. The normalized spacial score (nSPS) is 12.9. The Balaban J connectivity index is 2.29. The molecule has 25 heavy (non-hydrogen) atoms. The summed E-state index contributed by atoms with van der Waals surface area (Å²) in [7, 11) is 1.38. The lowest BCUT2D eigenvalue weighted by atomic mass is 9.78. The van der Waals surface area contributed by atoms with E-state index in [1.54, 1.807) is 37.3 Å². The van der Waals surface area contributed by atoms with Crippen LogP contribution in [0.25, 0.3) is 0 Å². The maximum atomic E-state index is 13.4. The van der Waals surface area contributed by atoms with E-state index in [2.05, 4.69) is 5.32 Å². The summed E-state index contributed by atoms with van der Waals surface area (Å²) in [6.07, 6.45) is 0.285. The third-order valence-electron chi connectivity index (χ3n) is 4.30. The van der Waals surface area contributed by atoms with Crippen LogP contribution < -0.4 is 10.1 Å². The standard InChI is InChI=1S/C19H20FNO4/c1-3-19(18(23)24,13-7-5-4-6-8-13)12-21-17(22)15-11-14(20)9-10-16(15)25-2/h4-11H,3,12H2,1-2H3,(H,21,22)(H,23,24). The molecule has 0 aliphatic carbocycles. The van der Waals surface area contributed by atoms with Crippen LogP contribution in [0.15, 0.2) is 48.5 Å². The Labute approximate surface area is 145 Å². The van der Waals surface area contributed by atoms with Crippen molar-refractivity contribution in [3.8, 4) is 5.75 Å². The number of methoxy groups -OCH3 is 1. The van der Waals surface area contributed by atoms with Crippen molar-refractivity contribution < 1.29 is 23.8 Å². The van der Waals surface area contributed by atoms with Gasteiger partial charge in [0.25, 0.3) is 5.91 Å². The van der Waals surface area contributed by atoms with Crippen molar-refractivity contribution in [2.24, 2.45) is 0 Å². The zero-order valence-corrected chi connectivity index (χ0v) is 14.1. The third kappa shape index (κ3) is 3.79. The molecule has 2 N–H and O–H groups in total. The van der Waals surface area contributed by atoms with Crippen molar-refractivity contribution in [3.05, 3.63) is 65.5 Å².